The van der Waals surface area contributed by atoms with Crippen molar-refractivity contribution in [2.75, 3.05) is 13.2 Å². The van der Waals surface area contributed by atoms with Crippen molar-refractivity contribution >= 4 is 34.2 Å². The van der Waals surface area contributed by atoms with Crippen LogP contribution in [0.15, 0.2) is 87.8 Å². The molecule has 7 heteroatoms. The van der Waals surface area contributed by atoms with Crippen LogP contribution in [0, 0.1) is 12.3 Å². The second-order valence-electron chi connectivity index (χ2n) is 8.44. The van der Waals surface area contributed by atoms with Gasteiger partial charge in [-0.3, -0.25) is 9.36 Å². The third-order valence-electron chi connectivity index (χ3n) is 6.11. The van der Waals surface area contributed by atoms with Crippen molar-refractivity contribution in [3.05, 3.63) is 109 Å². The van der Waals surface area contributed by atoms with Gasteiger partial charge in [0, 0.05) is 0 Å². The lowest BCUT2D eigenvalue weighted by atomic mass is 9.91. The molecule has 0 saturated heterocycles. The van der Waals surface area contributed by atoms with Gasteiger partial charge in [0.15, 0.2) is 4.80 Å². The van der Waals surface area contributed by atoms with Crippen LogP contribution in [-0.4, -0.2) is 23.8 Å². The molecule has 4 aromatic rings. The summed E-state index contributed by atoms with van der Waals surface area (Å²) in [6.45, 7) is 3.93. The molecule has 1 aliphatic heterocycles. The van der Waals surface area contributed by atoms with E-state index < -0.39 is 12.0 Å². The Hall–Kier alpha value is -4.41. The number of fused-ring (bicyclic) bond motifs is 2. The highest BCUT2D eigenvalue weighted by molar-refractivity contribution is 7.07. The van der Waals surface area contributed by atoms with E-state index in [0.29, 0.717) is 26.4 Å². The maximum atomic E-state index is 13.9. The lowest BCUT2D eigenvalue weighted by Crippen LogP contribution is -2.40. The zero-order valence-electron chi connectivity index (χ0n) is 20.4. The zero-order chi connectivity index (χ0) is 25.9. The Morgan fingerprint density at radius 1 is 1.16 bits per heavy atom. The quantitative estimate of drug-likeness (QED) is 0.292. The van der Waals surface area contributed by atoms with Crippen LogP contribution in [0.3, 0.4) is 0 Å². The van der Waals surface area contributed by atoms with Gasteiger partial charge < -0.3 is 9.47 Å². The van der Waals surface area contributed by atoms with Gasteiger partial charge in [-0.15, -0.1) is 6.42 Å². The number of carbonyl (C=O) groups excluding carboxylic acids is 1. The number of hydrogen-bond acceptors (Lipinski definition) is 6. The van der Waals surface area contributed by atoms with E-state index >= 15 is 0 Å². The number of nitrogens with zero attached hydrogens (tertiary/aromatic N) is 2. The monoisotopic (exact) mass is 508 g/mol. The molecular formula is C30H24N2O4S. The summed E-state index contributed by atoms with van der Waals surface area (Å²) in [6.07, 6.45) is 7.10. The molecule has 37 heavy (non-hydrogen) atoms. The molecule has 0 saturated carbocycles. The first kappa shape index (κ1) is 24.3. The summed E-state index contributed by atoms with van der Waals surface area (Å²) in [5.41, 5.74) is 2.30. The minimum Gasteiger partial charge on any atom is -0.481 e. The molecule has 0 bridgehead atoms. The Bertz CT molecular complexity index is 1770. The van der Waals surface area contributed by atoms with Crippen LogP contribution >= 0.6 is 11.3 Å². The number of rotatable bonds is 6. The lowest BCUT2D eigenvalue weighted by molar-refractivity contribution is -0.139. The summed E-state index contributed by atoms with van der Waals surface area (Å²) in [4.78, 5) is 32.2. The Morgan fingerprint density at radius 2 is 1.95 bits per heavy atom. The van der Waals surface area contributed by atoms with Crippen molar-refractivity contribution in [3.63, 3.8) is 0 Å². The predicted molar refractivity (Wildman–Crippen MR) is 145 cm³/mol. The second kappa shape index (κ2) is 10.3. The third kappa shape index (κ3) is 4.59. The van der Waals surface area contributed by atoms with Crippen molar-refractivity contribution in [2.24, 2.45) is 4.99 Å². The van der Waals surface area contributed by atoms with Crippen LogP contribution in [0.25, 0.3) is 16.8 Å². The Kier molecular flexibility index (Phi) is 6.76. The summed E-state index contributed by atoms with van der Waals surface area (Å²) >= 11 is 1.28. The fourth-order valence-electron chi connectivity index (χ4n) is 4.55. The van der Waals surface area contributed by atoms with Gasteiger partial charge in [0.2, 0.25) is 0 Å². The van der Waals surface area contributed by atoms with Gasteiger partial charge in [-0.25, -0.2) is 9.79 Å². The summed E-state index contributed by atoms with van der Waals surface area (Å²) in [5, 5.41) is 1.98. The minimum atomic E-state index is -0.672. The van der Waals surface area contributed by atoms with E-state index in [2.05, 4.69) is 10.9 Å². The largest absolute Gasteiger partial charge is 0.481 e. The first-order valence-corrected chi connectivity index (χ1v) is 12.7. The average molecular weight is 509 g/mol. The van der Waals surface area contributed by atoms with Gasteiger partial charge in [0.25, 0.3) is 5.56 Å². The number of carbonyl (C=O) groups is 1. The fourth-order valence-corrected chi connectivity index (χ4v) is 5.59. The number of terminal acetylenes is 1. The highest BCUT2D eigenvalue weighted by Crippen LogP contribution is 2.34. The predicted octanol–water partition coefficient (Wildman–Crippen LogP) is 3.96. The minimum absolute atomic E-state index is 0.159. The van der Waals surface area contributed by atoms with Crippen LogP contribution in [0.4, 0.5) is 0 Å². The van der Waals surface area contributed by atoms with E-state index in [0.717, 1.165) is 21.9 Å². The molecule has 0 spiro atoms. The first-order valence-electron chi connectivity index (χ1n) is 11.9. The molecule has 0 N–H and O–H groups in total. The molecule has 1 atom stereocenters. The average Bonchev–Trinajstić information content (AvgIpc) is 3.20. The maximum absolute atomic E-state index is 13.9. The van der Waals surface area contributed by atoms with Gasteiger partial charge in [0.1, 0.15) is 12.4 Å². The zero-order valence-corrected chi connectivity index (χ0v) is 21.2. The molecule has 0 fully saturated rings. The third-order valence-corrected chi connectivity index (χ3v) is 7.10. The van der Waals surface area contributed by atoms with Gasteiger partial charge >= 0.3 is 5.97 Å². The molecule has 184 valence electrons. The molecule has 1 aliphatic rings. The van der Waals surface area contributed by atoms with E-state index in [9.17, 15) is 9.59 Å². The Morgan fingerprint density at radius 3 is 2.76 bits per heavy atom. The van der Waals surface area contributed by atoms with Crippen LogP contribution in [0.5, 0.6) is 5.75 Å². The number of ether oxygens (including phenoxy) is 2. The number of thiazole rings is 1. The molecular weight excluding hydrogens is 484 g/mol. The van der Waals surface area contributed by atoms with Crippen molar-refractivity contribution < 1.29 is 14.3 Å². The van der Waals surface area contributed by atoms with Crippen molar-refractivity contribution in [3.8, 4) is 18.1 Å². The maximum Gasteiger partial charge on any atom is 0.338 e. The first-order chi connectivity index (χ1) is 18.0. The SMILES string of the molecule is C#CCOc1cccc(/C=c2/sc3n(c2=O)[C@H](c2cccc4ccccc24)C(C(=O)OCC)=C(C)N=3)c1. The van der Waals surface area contributed by atoms with Crippen LogP contribution in [-0.2, 0) is 9.53 Å². The molecule has 0 aliphatic carbocycles. The highest BCUT2D eigenvalue weighted by Gasteiger charge is 2.34. The standard InChI is InChI=1S/C30H24N2O4S/c1-4-16-36-22-13-8-10-20(17-22)18-25-28(33)32-27(24-15-9-12-21-11-6-7-14-23(21)24)26(29(34)35-5-2)19(3)31-30(32)37-25/h1,6-15,17-18,27H,5,16H2,2-3H3/b25-18+/t27-/m1/s1. The number of allylic oxidation sites excluding steroid dienone is 1. The van der Waals surface area contributed by atoms with E-state index in [4.69, 9.17) is 15.9 Å². The van der Waals surface area contributed by atoms with E-state index in [1.807, 2.05) is 66.7 Å². The summed E-state index contributed by atoms with van der Waals surface area (Å²) < 4.78 is 13.0. The molecule has 2 heterocycles. The second-order valence-corrected chi connectivity index (χ2v) is 9.45. The number of esters is 1. The van der Waals surface area contributed by atoms with Crippen LogP contribution in [0.1, 0.15) is 31.0 Å². The van der Waals surface area contributed by atoms with Crippen LogP contribution in [0.2, 0.25) is 0 Å². The number of benzene rings is 3. The smallest absolute Gasteiger partial charge is 0.338 e. The van der Waals surface area contributed by atoms with Gasteiger partial charge in [0.05, 0.1) is 28.5 Å². The Labute approximate surface area is 217 Å². The van der Waals surface area contributed by atoms with Crippen molar-refractivity contribution in [1.29, 1.82) is 0 Å². The lowest BCUT2D eigenvalue weighted by Gasteiger charge is -2.25. The highest BCUT2D eigenvalue weighted by atomic mass is 32.1. The number of aromatic nitrogens is 1. The fraction of sp³-hybridized carbons (Fsp3) is 0.167. The summed E-state index contributed by atoms with van der Waals surface area (Å²) in [7, 11) is 0. The topological polar surface area (TPSA) is 69.9 Å². The van der Waals surface area contributed by atoms with Crippen LogP contribution < -0.4 is 19.6 Å². The van der Waals surface area contributed by atoms with Gasteiger partial charge in [-0.1, -0.05) is 71.9 Å². The van der Waals surface area contributed by atoms with Gasteiger partial charge in [-0.2, -0.15) is 0 Å². The normalized spacial score (nSPS) is 15.2. The summed E-state index contributed by atoms with van der Waals surface area (Å²) in [6, 6.07) is 20.5. The van der Waals surface area contributed by atoms with E-state index in [1.54, 1.807) is 24.5 Å². The van der Waals surface area contributed by atoms with E-state index in [-0.39, 0.29) is 18.8 Å². The molecule has 0 radical (unpaired) electrons. The molecule has 5 rings (SSSR count). The summed E-state index contributed by atoms with van der Waals surface area (Å²) in [5.74, 6) is 2.59. The molecule has 0 unspecified atom stereocenters. The molecule has 0 amide bonds. The molecule has 6 nitrogen and oxygen atoms in total. The number of hydrogen-bond donors (Lipinski definition) is 0. The van der Waals surface area contributed by atoms with Crippen molar-refractivity contribution in [1.82, 2.24) is 4.57 Å². The van der Waals surface area contributed by atoms with Gasteiger partial charge in [-0.05, 0) is 54.0 Å². The molecule has 3 aromatic carbocycles. The molecule has 1 aromatic heterocycles. The van der Waals surface area contributed by atoms with E-state index in [1.165, 1.54) is 11.3 Å². The van der Waals surface area contributed by atoms with Crippen molar-refractivity contribution in [2.45, 2.75) is 19.9 Å². The Balaban J connectivity index is 1.73.